The van der Waals surface area contributed by atoms with Crippen molar-refractivity contribution in [2.24, 2.45) is 0 Å². The van der Waals surface area contributed by atoms with Gasteiger partial charge in [-0.3, -0.25) is 14.5 Å². The summed E-state index contributed by atoms with van der Waals surface area (Å²) in [6.45, 7) is 0.181. The first kappa shape index (κ1) is 13.0. The molecule has 1 heterocycles. The van der Waals surface area contributed by atoms with E-state index in [0.717, 1.165) is 4.90 Å². The summed E-state index contributed by atoms with van der Waals surface area (Å²) in [5.74, 6) is -0.941. The zero-order valence-corrected chi connectivity index (χ0v) is 10.5. The van der Waals surface area contributed by atoms with E-state index in [1.807, 2.05) is 0 Å². The Morgan fingerprint density at radius 1 is 1.50 bits per heavy atom. The number of imide groups is 1. The van der Waals surface area contributed by atoms with Crippen molar-refractivity contribution >= 4 is 23.4 Å². The monoisotopic (exact) mass is 270 g/mol. The summed E-state index contributed by atoms with van der Waals surface area (Å²) in [5, 5.41) is 3.20. The molecule has 1 atom stereocenters. The highest BCUT2D eigenvalue weighted by Gasteiger charge is 2.35. The van der Waals surface area contributed by atoms with Gasteiger partial charge in [0, 0.05) is 24.2 Å². The van der Waals surface area contributed by atoms with Gasteiger partial charge in [-0.15, -0.1) is 0 Å². The summed E-state index contributed by atoms with van der Waals surface area (Å²) in [4.78, 5) is 24.0. The minimum Gasteiger partial charge on any atom is -0.301 e. The summed E-state index contributed by atoms with van der Waals surface area (Å²) >= 11 is 5.64. The first-order valence-corrected chi connectivity index (χ1v) is 5.84. The molecule has 2 amide bonds. The molecule has 0 saturated carbocycles. The Hall–Kier alpha value is -1.46. The van der Waals surface area contributed by atoms with Crippen LogP contribution in [0.2, 0.25) is 5.02 Å². The Morgan fingerprint density at radius 2 is 2.22 bits per heavy atom. The topological polar surface area (TPSA) is 49.4 Å². The number of halogens is 2. The number of carbonyl (C=O) groups is 2. The molecule has 0 spiro atoms. The number of benzene rings is 1. The van der Waals surface area contributed by atoms with E-state index in [4.69, 9.17) is 11.6 Å². The molecule has 1 aromatic rings. The molecule has 0 aromatic heterocycles. The molecule has 1 saturated heterocycles. The molecule has 1 unspecified atom stereocenters. The number of rotatable bonds is 3. The van der Waals surface area contributed by atoms with Crippen LogP contribution in [-0.4, -0.2) is 29.8 Å². The molecule has 1 aliphatic rings. The summed E-state index contributed by atoms with van der Waals surface area (Å²) in [6, 6.07) is 3.77. The molecule has 2 rings (SSSR count). The van der Waals surface area contributed by atoms with Crippen LogP contribution in [0.25, 0.3) is 0 Å². The number of carbonyl (C=O) groups excluding carboxylic acids is 2. The fourth-order valence-electron chi connectivity index (χ4n) is 1.81. The van der Waals surface area contributed by atoms with E-state index in [1.54, 1.807) is 12.1 Å². The lowest BCUT2D eigenvalue weighted by Crippen LogP contribution is -2.36. The van der Waals surface area contributed by atoms with Crippen molar-refractivity contribution in [3.8, 4) is 0 Å². The molecular formula is C12H12ClFN2O2. The van der Waals surface area contributed by atoms with Crippen LogP contribution in [-0.2, 0) is 16.1 Å². The van der Waals surface area contributed by atoms with Gasteiger partial charge in [-0.25, -0.2) is 4.39 Å². The van der Waals surface area contributed by atoms with Crippen molar-refractivity contribution in [1.82, 2.24) is 10.2 Å². The van der Waals surface area contributed by atoms with Crippen LogP contribution in [0.15, 0.2) is 18.2 Å². The van der Waals surface area contributed by atoms with Crippen molar-refractivity contribution in [2.75, 3.05) is 7.05 Å². The Balaban J connectivity index is 2.00. The van der Waals surface area contributed by atoms with Gasteiger partial charge in [0.25, 0.3) is 0 Å². The average molecular weight is 271 g/mol. The molecule has 1 aliphatic heterocycles. The van der Waals surface area contributed by atoms with E-state index in [2.05, 4.69) is 5.32 Å². The fraction of sp³-hybridized carbons (Fsp3) is 0.333. The van der Waals surface area contributed by atoms with E-state index in [0.29, 0.717) is 10.6 Å². The summed E-state index contributed by atoms with van der Waals surface area (Å²) < 4.78 is 13.5. The van der Waals surface area contributed by atoms with E-state index in [-0.39, 0.29) is 24.8 Å². The van der Waals surface area contributed by atoms with Gasteiger partial charge in [0.05, 0.1) is 12.5 Å². The smallest absolute Gasteiger partial charge is 0.246 e. The molecule has 1 fully saturated rings. The summed E-state index contributed by atoms with van der Waals surface area (Å²) in [6.07, 6.45) is 0.116. The maximum atomic E-state index is 13.5. The van der Waals surface area contributed by atoms with Crippen LogP contribution in [0.5, 0.6) is 0 Å². The van der Waals surface area contributed by atoms with Crippen LogP contribution >= 0.6 is 11.6 Å². The van der Waals surface area contributed by atoms with Gasteiger partial charge >= 0.3 is 0 Å². The van der Waals surface area contributed by atoms with E-state index in [9.17, 15) is 14.0 Å². The number of nitrogens with one attached hydrogen (secondary N) is 1. The van der Waals surface area contributed by atoms with Gasteiger partial charge in [-0.05, 0) is 12.1 Å². The van der Waals surface area contributed by atoms with Crippen molar-refractivity contribution in [3.63, 3.8) is 0 Å². The Labute approximate surface area is 109 Å². The third-order valence-electron chi connectivity index (χ3n) is 2.94. The average Bonchev–Trinajstić information content (AvgIpc) is 2.56. The van der Waals surface area contributed by atoms with Gasteiger partial charge in [0.1, 0.15) is 5.82 Å². The molecule has 6 heteroatoms. The lowest BCUT2D eigenvalue weighted by Gasteiger charge is -2.11. The Bertz CT molecular complexity index is 507. The first-order chi connectivity index (χ1) is 8.49. The zero-order chi connectivity index (χ0) is 13.3. The highest BCUT2D eigenvalue weighted by atomic mass is 35.5. The SMILES string of the molecule is CN1C(=O)CC(NCc2ccc(Cl)cc2F)C1=O. The maximum absolute atomic E-state index is 13.5. The van der Waals surface area contributed by atoms with Crippen LogP contribution in [0, 0.1) is 5.82 Å². The van der Waals surface area contributed by atoms with Crippen molar-refractivity contribution < 1.29 is 14.0 Å². The fourth-order valence-corrected chi connectivity index (χ4v) is 1.97. The predicted octanol–water partition coefficient (Wildman–Crippen LogP) is 1.33. The quantitative estimate of drug-likeness (QED) is 0.843. The molecular weight excluding hydrogens is 259 g/mol. The van der Waals surface area contributed by atoms with Gasteiger partial charge in [0.2, 0.25) is 11.8 Å². The third-order valence-corrected chi connectivity index (χ3v) is 3.17. The molecule has 96 valence electrons. The lowest BCUT2D eigenvalue weighted by molar-refractivity contribution is -0.137. The van der Waals surface area contributed by atoms with E-state index in [1.165, 1.54) is 13.1 Å². The Morgan fingerprint density at radius 3 is 2.78 bits per heavy atom. The van der Waals surface area contributed by atoms with Crippen LogP contribution in [0.4, 0.5) is 4.39 Å². The van der Waals surface area contributed by atoms with Gasteiger partial charge < -0.3 is 5.32 Å². The number of likely N-dealkylation sites (N-methyl/N-ethyl adjacent to an activating group) is 1. The largest absolute Gasteiger partial charge is 0.301 e. The van der Waals surface area contributed by atoms with Gasteiger partial charge in [-0.2, -0.15) is 0 Å². The molecule has 1 N–H and O–H groups in total. The molecule has 0 radical (unpaired) electrons. The van der Waals surface area contributed by atoms with E-state index >= 15 is 0 Å². The summed E-state index contributed by atoms with van der Waals surface area (Å²) in [7, 11) is 1.44. The highest BCUT2D eigenvalue weighted by Crippen LogP contribution is 2.16. The first-order valence-electron chi connectivity index (χ1n) is 5.46. The van der Waals surface area contributed by atoms with Crippen molar-refractivity contribution in [2.45, 2.75) is 19.0 Å². The molecule has 4 nitrogen and oxygen atoms in total. The lowest BCUT2D eigenvalue weighted by atomic mass is 10.2. The minimum atomic E-state index is -0.572. The number of amides is 2. The van der Waals surface area contributed by atoms with Gasteiger partial charge in [0.15, 0.2) is 0 Å². The zero-order valence-electron chi connectivity index (χ0n) is 9.74. The second-order valence-electron chi connectivity index (χ2n) is 4.16. The third kappa shape index (κ3) is 2.52. The number of likely N-dealkylation sites (tertiary alicyclic amines) is 1. The van der Waals surface area contributed by atoms with Gasteiger partial charge in [-0.1, -0.05) is 17.7 Å². The Kier molecular flexibility index (Phi) is 3.63. The number of hydrogen-bond acceptors (Lipinski definition) is 3. The standard InChI is InChI=1S/C12H12ClFN2O2/c1-16-11(17)5-10(12(16)18)15-6-7-2-3-8(13)4-9(7)14/h2-4,10,15H,5-6H2,1H3. The summed E-state index contributed by atoms with van der Waals surface area (Å²) in [5.41, 5.74) is 0.411. The molecule has 18 heavy (non-hydrogen) atoms. The van der Waals surface area contributed by atoms with Crippen LogP contribution in [0.3, 0.4) is 0 Å². The van der Waals surface area contributed by atoms with E-state index < -0.39 is 11.9 Å². The maximum Gasteiger partial charge on any atom is 0.246 e. The molecule has 1 aromatic carbocycles. The predicted molar refractivity (Wildman–Crippen MR) is 64.4 cm³/mol. The van der Waals surface area contributed by atoms with Crippen LogP contribution < -0.4 is 5.32 Å². The van der Waals surface area contributed by atoms with Crippen molar-refractivity contribution in [3.05, 3.63) is 34.6 Å². The molecule has 0 aliphatic carbocycles. The molecule has 0 bridgehead atoms. The number of hydrogen-bond donors (Lipinski definition) is 1. The number of nitrogens with zero attached hydrogens (tertiary/aromatic N) is 1. The van der Waals surface area contributed by atoms with Crippen molar-refractivity contribution in [1.29, 1.82) is 0 Å². The second-order valence-corrected chi connectivity index (χ2v) is 4.60. The minimum absolute atomic E-state index is 0.116. The normalized spacial score (nSPS) is 19.7. The van der Waals surface area contributed by atoms with Crippen LogP contribution in [0.1, 0.15) is 12.0 Å². The highest BCUT2D eigenvalue weighted by molar-refractivity contribution is 6.30. The second kappa shape index (κ2) is 5.04.